The lowest BCUT2D eigenvalue weighted by atomic mass is 9.70. The van der Waals surface area contributed by atoms with Gasteiger partial charge in [0.1, 0.15) is 0 Å². The molecular formula is C62H38N2. The topological polar surface area (TPSA) is 17.8 Å². The van der Waals surface area contributed by atoms with E-state index in [2.05, 4.69) is 235 Å². The summed E-state index contributed by atoms with van der Waals surface area (Å²) >= 11 is 0. The van der Waals surface area contributed by atoms with Crippen molar-refractivity contribution in [3.8, 4) is 61.5 Å². The number of benzene rings is 10. The summed E-state index contributed by atoms with van der Waals surface area (Å²) in [6.45, 7) is 0. The molecule has 12 aromatic rings. The molecule has 10 aromatic carbocycles. The maximum Gasteiger partial charge on any atom is 0.0794 e. The lowest BCUT2D eigenvalue weighted by molar-refractivity contribution is 0.794. The van der Waals surface area contributed by atoms with Crippen LogP contribution in [0.1, 0.15) is 22.3 Å². The fourth-order valence-electron chi connectivity index (χ4n) is 11.6. The van der Waals surface area contributed by atoms with Crippen LogP contribution in [0.25, 0.3) is 105 Å². The predicted molar refractivity (Wildman–Crippen MR) is 266 cm³/mol. The van der Waals surface area contributed by atoms with Gasteiger partial charge in [0, 0.05) is 43.7 Å². The molecule has 0 saturated carbocycles. The third kappa shape index (κ3) is 4.72. The standard InChI is InChI=1S/C62H38N2/c1-3-16-41(17-4-1)60-51-36-37-57-59(49-23-10-14-29-56(49)64(57)43-18-5-2-6-19-43)58(51)50-25-15-24-44(61(50)63-60)40-32-30-39(31-33-40)42-34-35-48-47-22-9-13-28-54(47)62(55(48)38-42)52-26-11-7-20-45(52)46-21-8-12-27-53(46)62/h1-38H. The molecule has 0 N–H and O–H groups in total. The van der Waals surface area contributed by atoms with Gasteiger partial charge in [-0.25, -0.2) is 4.98 Å². The Kier molecular flexibility index (Phi) is 7.35. The molecule has 0 bridgehead atoms. The largest absolute Gasteiger partial charge is 0.309 e. The first-order chi connectivity index (χ1) is 31.8. The second kappa shape index (κ2) is 13.3. The van der Waals surface area contributed by atoms with Gasteiger partial charge in [-0.2, -0.15) is 0 Å². The molecule has 0 saturated heterocycles. The van der Waals surface area contributed by atoms with Crippen molar-refractivity contribution in [3.05, 3.63) is 253 Å². The fourth-order valence-corrected chi connectivity index (χ4v) is 11.6. The van der Waals surface area contributed by atoms with Crippen molar-refractivity contribution in [2.45, 2.75) is 5.41 Å². The summed E-state index contributed by atoms with van der Waals surface area (Å²) in [6, 6.07) is 84.9. The van der Waals surface area contributed by atoms with E-state index in [0.717, 1.165) is 44.4 Å². The number of nitrogens with zero attached hydrogens (tertiary/aromatic N) is 2. The minimum absolute atomic E-state index is 0.373. The summed E-state index contributed by atoms with van der Waals surface area (Å²) in [5, 5.41) is 6.01. The highest BCUT2D eigenvalue weighted by Crippen LogP contribution is 2.63. The van der Waals surface area contributed by atoms with Gasteiger partial charge in [-0.1, -0.05) is 200 Å². The van der Waals surface area contributed by atoms with Gasteiger partial charge in [0.05, 0.1) is 27.7 Å². The minimum atomic E-state index is -0.373. The normalized spacial score (nSPS) is 13.1. The smallest absolute Gasteiger partial charge is 0.0794 e. The molecule has 0 atom stereocenters. The molecule has 2 aliphatic rings. The SMILES string of the molecule is c1ccc(-c2nc3c(-c4ccc(-c5ccc6c(c5)C5(c7ccccc7-c7ccccc75)c5ccccc5-6)cc4)cccc3c3c2ccc2c3c3ccccc3n2-c2ccccc2)cc1. The van der Waals surface area contributed by atoms with E-state index in [-0.39, 0.29) is 5.41 Å². The van der Waals surface area contributed by atoms with Crippen LogP contribution in [0.2, 0.25) is 0 Å². The fraction of sp³-hybridized carbons (Fsp3) is 0.0161. The van der Waals surface area contributed by atoms with Crippen molar-refractivity contribution in [3.63, 3.8) is 0 Å². The van der Waals surface area contributed by atoms with Crippen LogP contribution in [-0.4, -0.2) is 9.55 Å². The lowest BCUT2D eigenvalue weighted by Gasteiger charge is -2.30. The Morgan fingerprint density at radius 3 is 1.56 bits per heavy atom. The zero-order chi connectivity index (χ0) is 41.9. The lowest BCUT2D eigenvalue weighted by Crippen LogP contribution is -2.25. The van der Waals surface area contributed by atoms with E-state index in [0.29, 0.717) is 0 Å². The summed E-state index contributed by atoms with van der Waals surface area (Å²) in [5.41, 5.74) is 21.6. The Labute approximate surface area is 371 Å². The maximum atomic E-state index is 5.61. The minimum Gasteiger partial charge on any atom is -0.309 e. The van der Waals surface area contributed by atoms with Crippen molar-refractivity contribution in [2.75, 3.05) is 0 Å². The van der Waals surface area contributed by atoms with E-state index in [1.807, 2.05) is 0 Å². The summed E-state index contributed by atoms with van der Waals surface area (Å²) in [6.07, 6.45) is 0. The van der Waals surface area contributed by atoms with E-state index in [4.69, 9.17) is 4.98 Å². The molecule has 0 radical (unpaired) electrons. The zero-order valence-corrected chi connectivity index (χ0v) is 34.8. The van der Waals surface area contributed by atoms with Gasteiger partial charge in [0.25, 0.3) is 0 Å². The Hall–Kier alpha value is -8.33. The van der Waals surface area contributed by atoms with Gasteiger partial charge in [-0.05, 0) is 91.5 Å². The summed E-state index contributed by atoms with van der Waals surface area (Å²) in [7, 11) is 0. The van der Waals surface area contributed by atoms with Gasteiger partial charge < -0.3 is 4.57 Å². The molecule has 0 fully saturated rings. The number of fused-ring (bicyclic) bond motifs is 17. The molecule has 2 heterocycles. The maximum absolute atomic E-state index is 5.61. The quantitative estimate of drug-likeness (QED) is 0.162. The molecule has 0 aliphatic heterocycles. The molecular weight excluding hydrogens is 773 g/mol. The van der Waals surface area contributed by atoms with E-state index < -0.39 is 0 Å². The van der Waals surface area contributed by atoms with Crippen LogP contribution < -0.4 is 0 Å². The first-order valence-electron chi connectivity index (χ1n) is 22.2. The molecule has 64 heavy (non-hydrogen) atoms. The van der Waals surface area contributed by atoms with Crippen molar-refractivity contribution < 1.29 is 0 Å². The highest BCUT2D eigenvalue weighted by atomic mass is 15.0. The number of para-hydroxylation sites is 3. The van der Waals surface area contributed by atoms with E-state index in [1.165, 1.54) is 82.8 Å². The molecule has 0 amide bonds. The van der Waals surface area contributed by atoms with Gasteiger partial charge in [-0.3, -0.25) is 0 Å². The van der Waals surface area contributed by atoms with E-state index >= 15 is 0 Å². The predicted octanol–water partition coefficient (Wildman–Crippen LogP) is 15.8. The Balaban J connectivity index is 0.963. The van der Waals surface area contributed by atoms with Crippen LogP contribution >= 0.6 is 0 Å². The van der Waals surface area contributed by atoms with Gasteiger partial charge in [-0.15, -0.1) is 0 Å². The van der Waals surface area contributed by atoms with Gasteiger partial charge in [0.15, 0.2) is 0 Å². The van der Waals surface area contributed by atoms with Crippen LogP contribution in [0.3, 0.4) is 0 Å². The van der Waals surface area contributed by atoms with Crippen molar-refractivity contribution in [1.82, 2.24) is 9.55 Å². The second-order valence-corrected chi connectivity index (χ2v) is 17.3. The van der Waals surface area contributed by atoms with Crippen molar-refractivity contribution >= 4 is 43.5 Å². The van der Waals surface area contributed by atoms with Crippen molar-refractivity contribution in [1.29, 1.82) is 0 Å². The van der Waals surface area contributed by atoms with Gasteiger partial charge in [0.2, 0.25) is 0 Å². The van der Waals surface area contributed by atoms with E-state index in [1.54, 1.807) is 0 Å². The van der Waals surface area contributed by atoms with Crippen LogP contribution in [0.4, 0.5) is 0 Å². The average Bonchev–Trinajstić information content (AvgIpc) is 3.98. The monoisotopic (exact) mass is 810 g/mol. The van der Waals surface area contributed by atoms with E-state index in [9.17, 15) is 0 Å². The molecule has 296 valence electrons. The van der Waals surface area contributed by atoms with Crippen molar-refractivity contribution in [2.24, 2.45) is 0 Å². The third-order valence-electron chi connectivity index (χ3n) is 14.2. The van der Waals surface area contributed by atoms with Crippen LogP contribution in [0, 0.1) is 0 Å². The van der Waals surface area contributed by atoms with Crippen LogP contribution in [0.5, 0.6) is 0 Å². The third-order valence-corrected chi connectivity index (χ3v) is 14.2. The highest BCUT2D eigenvalue weighted by Gasteiger charge is 2.51. The number of hydrogen-bond acceptors (Lipinski definition) is 1. The van der Waals surface area contributed by atoms with Crippen LogP contribution in [-0.2, 0) is 5.41 Å². The summed E-state index contributed by atoms with van der Waals surface area (Å²) < 4.78 is 2.41. The summed E-state index contributed by atoms with van der Waals surface area (Å²) in [4.78, 5) is 5.61. The zero-order valence-electron chi connectivity index (χ0n) is 34.8. The number of hydrogen-bond donors (Lipinski definition) is 0. The molecule has 14 rings (SSSR count). The Bertz CT molecular complexity index is 3810. The number of aromatic nitrogens is 2. The average molecular weight is 811 g/mol. The first-order valence-corrected chi connectivity index (χ1v) is 22.2. The molecule has 2 aliphatic carbocycles. The molecule has 2 aromatic heterocycles. The summed E-state index contributed by atoms with van der Waals surface area (Å²) in [5.74, 6) is 0. The highest BCUT2D eigenvalue weighted by molar-refractivity contribution is 6.30. The van der Waals surface area contributed by atoms with Crippen LogP contribution in [0.15, 0.2) is 231 Å². The molecule has 2 nitrogen and oxygen atoms in total. The number of rotatable bonds is 4. The first kappa shape index (κ1) is 35.3. The Morgan fingerprint density at radius 1 is 0.312 bits per heavy atom. The Morgan fingerprint density at radius 2 is 0.859 bits per heavy atom. The number of pyridine rings is 1. The van der Waals surface area contributed by atoms with Gasteiger partial charge >= 0.3 is 0 Å². The molecule has 1 spiro atoms. The molecule has 2 heteroatoms. The second-order valence-electron chi connectivity index (χ2n) is 17.3. The molecule has 0 unspecified atom stereocenters.